The summed E-state index contributed by atoms with van der Waals surface area (Å²) in [5.74, 6) is -0.0328. The molecule has 4 amide bonds. The Kier molecular flexibility index (Phi) is 7.43. The first-order chi connectivity index (χ1) is 16.5. The van der Waals surface area contributed by atoms with Gasteiger partial charge in [0.1, 0.15) is 10.3 Å². The van der Waals surface area contributed by atoms with E-state index in [2.05, 4.69) is 37.5 Å². The van der Waals surface area contributed by atoms with Gasteiger partial charge in [0.05, 0.1) is 5.56 Å². The van der Waals surface area contributed by atoms with E-state index in [0.717, 1.165) is 24.1 Å². The van der Waals surface area contributed by atoms with E-state index >= 15 is 0 Å². The van der Waals surface area contributed by atoms with Crippen LogP contribution in [-0.2, 0) is 4.79 Å². The first kappa shape index (κ1) is 23.3. The maximum atomic E-state index is 12.6. The summed E-state index contributed by atoms with van der Waals surface area (Å²) in [6.07, 6.45) is 8.69. The van der Waals surface area contributed by atoms with Crippen LogP contribution in [0.4, 0.5) is 9.93 Å². The number of pyridine rings is 2. The summed E-state index contributed by atoms with van der Waals surface area (Å²) >= 11 is 1.27. The van der Waals surface area contributed by atoms with Crippen molar-refractivity contribution in [3.8, 4) is 11.1 Å². The van der Waals surface area contributed by atoms with Crippen molar-refractivity contribution >= 4 is 44.7 Å². The van der Waals surface area contributed by atoms with Crippen molar-refractivity contribution in [2.24, 2.45) is 0 Å². The summed E-state index contributed by atoms with van der Waals surface area (Å²) in [5.41, 5.74) is 2.56. The van der Waals surface area contributed by atoms with E-state index in [0.29, 0.717) is 53.5 Å². The Morgan fingerprint density at radius 2 is 2.03 bits per heavy atom. The SMILES string of the molecule is C=CCNC(=O)Nc1nc2cc(-c3cncc(C(=O)NCCCN4CCCC4=O)c3)cnc2s1. The fourth-order valence-corrected chi connectivity index (χ4v) is 4.36. The molecule has 3 aromatic rings. The number of anilines is 1. The molecule has 4 rings (SSSR count). The summed E-state index contributed by atoms with van der Waals surface area (Å²) in [4.78, 5) is 51.6. The Balaban J connectivity index is 1.38. The lowest BCUT2D eigenvalue weighted by molar-refractivity contribution is -0.127. The molecule has 3 aromatic heterocycles. The third-order valence-corrected chi connectivity index (χ3v) is 6.17. The molecule has 1 aliphatic heterocycles. The highest BCUT2D eigenvalue weighted by Gasteiger charge is 2.19. The summed E-state index contributed by atoms with van der Waals surface area (Å²) in [7, 11) is 0. The van der Waals surface area contributed by atoms with Crippen molar-refractivity contribution in [1.29, 1.82) is 0 Å². The number of likely N-dealkylation sites (tertiary alicyclic amines) is 1. The highest BCUT2D eigenvalue weighted by atomic mass is 32.1. The highest BCUT2D eigenvalue weighted by Crippen LogP contribution is 2.28. The molecule has 0 aliphatic carbocycles. The van der Waals surface area contributed by atoms with Crippen molar-refractivity contribution in [2.45, 2.75) is 19.3 Å². The number of carbonyl (C=O) groups excluding carboxylic acids is 3. The van der Waals surface area contributed by atoms with Crippen LogP contribution in [0.1, 0.15) is 29.6 Å². The molecule has 4 heterocycles. The van der Waals surface area contributed by atoms with Crippen molar-refractivity contribution in [3.63, 3.8) is 0 Å². The normalized spacial score (nSPS) is 13.2. The molecule has 34 heavy (non-hydrogen) atoms. The van der Waals surface area contributed by atoms with Crippen LogP contribution in [0.3, 0.4) is 0 Å². The molecule has 0 radical (unpaired) electrons. The minimum absolute atomic E-state index is 0.188. The van der Waals surface area contributed by atoms with E-state index in [4.69, 9.17) is 0 Å². The van der Waals surface area contributed by atoms with E-state index in [-0.39, 0.29) is 17.8 Å². The Labute approximate surface area is 200 Å². The van der Waals surface area contributed by atoms with Crippen LogP contribution in [0.5, 0.6) is 0 Å². The lowest BCUT2D eigenvalue weighted by Gasteiger charge is -2.15. The van der Waals surface area contributed by atoms with Crippen molar-refractivity contribution in [3.05, 3.63) is 48.9 Å². The number of hydrogen-bond donors (Lipinski definition) is 3. The van der Waals surface area contributed by atoms with Crippen molar-refractivity contribution < 1.29 is 14.4 Å². The average Bonchev–Trinajstić information content (AvgIpc) is 3.44. The summed E-state index contributed by atoms with van der Waals surface area (Å²) in [6, 6.07) is 3.23. The molecular formula is C23H25N7O3S. The third kappa shape index (κ3) is 5.73. The lowest BCUT2D eigenvalue weighted by atomic mass is 10.1. The average molecular weight is 480 g/mol. The monoisotopic (exact) mass is 479 g/mol. The molecule has 1 saturated heterocycles. The molecule has 3 N–H and O–H groups in total. The highest BCUT2D eigenvalue weighted by molar-refractivity contribution is 7.21. The number of aromatic nitrogens is 3. The zero-order valence-electron chi connectivity index (χ0n) is 18.5. The molecule has 11 heteroatoms. The lowest BCUT2D eigenvalue weighted by Crippen LogP contribution is -2.30. The quantitative estimate of drug-likeness (QED) is 0.320. The minimum Gasteiger partial charge on any atom is -0.352 e. The van der Waals surface area contributed by atoms with E-state index in [1.807, 2.05) is 11.0 Å². The Morgan fingerprint density at radius 1 is 1.18 bits per heavy atom. The molecule has 0 aromatic carbocycles. The van der Waals surface area contributed by atoms with Crippen LogP contribution < -0.4 is 16.0 Å². The number of nitrogens with one attached hydrogen (secondary N) is 3. The topological polar surface area (TPSA) is 129 Å². The second-order valence-corrected chi connectivity index (χ2v) is 8.72. The number of thiazole rings is 1. The second kappa shape index (κ2) is 10.8. The maximum absolute atomic E-state index is 12.6. The van der Waals surface area contributed by atoms with Crippen LogP contribution in [0, 0.1) is 0 Å². The van der Waals surface area contributed by atoms with E-state index in [1.165, 1.54) is 17.5 Å². The van der Waals surface area contributed by atoms with Gasteiger partial charge in [-0.2, -0.15) is 0 Å². The molecule has 0 atom stereocenters. The number of urea groups is 1. The second-order valence-electron chi connectivity index (χ2n) is 7.75. The van der Waals surface area contributed by atoms with Crippen LogP contribution in [-0.4, -0.2) is 63.9 Å². The predicted octanol–water partition coefficient (Wildman–Crippen LogP) is 2.80. The first-order valence-electron chi connectivity index (χ1n) is 11.0. The number of carbonyl (C=O) groups is 3. The van der Waals surface area contributed by atoms with Gasteiger partial charge in [0.15, 0.2) is 5.13 Å². The van der Waals surface area contributed by atoms with Gasteiger partial charge in [0.2, 0.25) is 5.91 Å². The first-order valence-corrected chi connectivity index (χ1v) is 11.8. The van der Waals surface area contributed by atoms with Crippen molar-refractivity contribution in [1.82, 2.24) is 30.5 Å². The van der Waals surface area contributed by atoms with E-state index in [1.54, 1.807) is 24.5 Å². The molecule has 10 nitrogen and oxygen atoms in total. The summed E-state index contributed by atoms with van der Waals surface area (Å²) < 4.78 is 0. The predicted molar refractivity (Wildman–Crippen MR) is 131 cm³/mol. The maximum Gasteiger partial charge on any atom is 0.321 e. The summed E-state index contributed by atoms with van der Waals surface area (Å²) in [6.45, 7) is 5.85. The Morgan fingerprint density at radius 3 is 2.82 bits per heavy atom. The van der Waals surface area contributed by atoms with Gasteiger partial charge in [-0.3, -0.25) is 19.9 Å². The molecule has 0 saturated carbocycles. The third-order valence-electron chi connectivity index (χ3n) is 5.27. The van der Waals surface area contributed by atoms with Gasteiger partial charge in [-0.25, -0.2) is 14.8 Å². The van der Waals surface area contributed by atoms with Gasteiger partial charge in [-0.15, -0.1) is 6.58 Å². The largest absolute Gasteiger partial charge is 0.352 e. The van der Waals surface area contributed by atoms with Crippen LogP contribution >= 0.6 is 11.3 Å². The molecular weight excluding hydrogens is 454 g/mol. The molecule has 1 aliphatic rings. The van der Waals surface area contributed by atoms with Gasteiger partial charge in [0, 0.05) is 62.3 Å². The number of fused-ring (bicyclic) bond motifs is 1. The molecule has 0 unspecified atom stereocenters. The zero-order valence-corrected chi connectivity index (χ0v) is 19.4. The van der Waals surface area contributed by atoms with Gasteiger partial charge in [-0.1, -0.05) is 17.4 Å². The van der Waals surface area contributed by atoms with Gasteiger partial charge in [-0.05, 0) is 25.0 Å². The Bertz CT molecular complexity index is 1230. The van der Waals surface area contributed by atoms with Crippen LogP contribution in [0.2, 0.25) is 0 Å². The molecule has 176 valence electrons. The van der Waals surface area contributed by atoms with E-state index in [9.17, 15) is 14.4 Å². The zero-order chi connectivity index (χ0) is 23.9. The number of nitrogens with zero attached hydrogens (tertiary/aromatic N) is 4. The fraction of sp³-hybridized carbons (Fsp3) is 0.304. The number of amides is 4. The van der Waals surface area contributed by atoms with Crippen molar-refractivity contribution in [2.75, 3.05) is 31.5 Å². The smallest absolute Gasteiger partial charge is 0.321 e. The molecule has 1 fully saturated rings. The van der Waals surface area contributed by atoms with E-state index < -0.39 is 0 Å². The van der Waals surface area contributed by atoms with Crippen LogP contribution in [0.15, 0.2) is 43.4 Å². The number of hydrogen-bond acceptors (Lipinski definition) is 7. The van der Waals surface area contributed by atoms with Gasteiger partial charge < -0.3 is 15.5 Å². The minimum atomic E-state index is -0.367. The Hall–Kier alpha value is -3.86. The summed E-state index contributed by atoms with van der Waals surface area (Å²) in [5, 5.41) is 8.62. The van der Waals surface area contributed by atoms with Gasteiger partial charge in [0.25, 0.3) is 5.91 Å². The van der Waals surface area contributed by atoms with Crippen LogP contribution in [0.25, 0.3) is 21.5 Å². The van der Waals surface area contributed by atoms with Gasteiger partial charge >= 0.3 is 6.03 Å². The molecule has 0 bridgehead atoms. The fourth-order valence-electron chi connectivity index (χ4n) is 3.58. The standard InChI is InChI=1S/C23H25N7O3S/c1-2-6-26-22(33)29-23-28-18-11-16(14-27-21(18)34-23)15-10-17(13-24-12-15)20(32)25-7-4-9-30-8-3-5-19(30)31/h2,10-14H,1,3-9H2,(H,25,32)(H2,26,28,29,33). The molecule has 0 spiro atoms. The number of rotatable bonds is 9.